The van der Waals surface area contributed by atoms with Crippen LogP contribution in [0.15, 0.2) is 16.7 Å². The highest BCUT2D eigenvalue weighted by atomic mass is 16.5. The first-order valence-corrected chi connectivity index (χ1v) is 6.07. The predicted octanol–water partition coefficient (Wildman–Crippen LogP) is 0.494. The van der Waals surface area contributed by atoms with Crippen molar-refractivity contribution in [2.24, 2.45) is 5.84 Å². The molecule has 3 N–H and O–H groups in total. The van der Waals surface area contributed by atoms with Gasteiger partial charge in [0.15, 0.2) is 0 Å². The zero-order chi connectivity index (χ0) is 13.0. The van der Waals surface area contributed by atoms with Gasteiger partial charge in [-0.15, -0.1) is 0 Å². The molecule has 1 unspecified atom stereocenters. The number of rotatable bonds is 5. The van der Waals surface area contributed by atoms with Crippen LogP contribution in [-0.2, 0) is 11.3 Å². The molecular formula is C12H19N3O3. The summed E-state index contributed by atoms with van der Waals surface area (Å²) >= 11 is 0. The van der Waals surface area contributed by atoms with Crippen LogP contribution in [0, 0.1) is 0 Å². The van der Waals surface area contributed by atoms with Gasteiger partial charge in [0.05, 0.1) is 18.2 Å². The Morgan fingerprint density at radius 3 is 3.17 bits per heavy atom. The number of nitrogens with zero attached hydrogens (tertiary/aromatic N) is 1. The van der Waals surface area contributed by atoms with Crippen LogP contribution in [0.5, 0.6) is 0 Å². The smallest absolute Gasteiger partial charge is 0.268 e. The van der Waals surface area contributed by atoms with Crippen molar-refractivity contribution in [3.8, 4) is 0 Å². The Morgan fingerprint density at radius 1 is 1.67 bits per heavy atom. The summed E-state index contributed by atoms with van der Waals surface area (Å²) in [4.78, 5) is 13.4. The number of hydrazine groups is 1. The van der Waals surface area contributed by atoms with Gasteiger partial charge >= 0.3 is 0 Å². The van der Waals surface area contributed by atoms with Gasteiger partial charge in [0.2, 0.25) is 0 Å². The summed E-state index contributed by atoms with van der Waals surface area (Å²) in [6, 6.07) is 1.70. The Bertz CT molecular complexity index is 399. The summed E-state index contributed by atoms with van der Waals surface area (Å²) in [6.45, 7) is 2.39. The fourth-order valence-electron chi connectivity index (χ4n) is 2.13. The van der Waals surface area contributed by atoms with Crippen LogP contribution in [0.3, 0.4) is 0 Å². The van der Waals surface area contributed by atoms with Gasteiger partial charge in [0.1, 0.15) is 12.0 Å². The van der Waals surface area contributed by atoms with E-state index in [1.54, 1.807) is 6.07 Å². The molecule has 2 rings (SSSR count). The first-order chi connectivity index (χ1) is 8.69. The molecule has 1 fully saturated rings. The SMILES string of the molecule is CN(Cc1cc(C(=O)NN)co1)CC1CCCO1. The molecule has 1 aromatic heterocycles. The number of amides is 1. The summed E-state index contributed by atoms with van der Waals surface area (Å²) < 4.78 is 10.9. The third-order valence-electron chi connectivity index (χ3n) is 3.01. The van der Waals surface area contributed by atoms with Crippen molar-refractivity contribution in [1.82, 2.24) is 10.3 Å². The lowest BCUT2D eigenvalue weighted by atomic mass is 10.2. The summed E-state index contributed by atoms with van der Waals surface area (Å²) in [6.07, 6.45) is 3.98. The second kappa shape index (κ2) is 5.99. The monoisotopic (exact) mass is 253 g/mol. The minimum Gasteiger partial charge on any atom is -0.467 e. The highest BCUT2D eigenvalue weighted by molar-refractivity contribution is 5.93. The van der Waals surface area contributed by atoms with Crippen molar-refractivity contribution in [3.05, 3.63) is 23.7 Å². The molecule has 1 amide bonds. The fourth-order valence-corrected chi connectivity index (χ4v) is 2.13. The van der Waals surface area contributed by atoms with Crippen molar-refractivity contribution < 1.29 is 13.9 Å². The van der Waals surface area contributed by atoms with Crippen molar-refractivity contribution in [2.45, 2.75) is 25.5 Å². The molecule has 1 aliphatic rings. The largest absolute Gasteiger partial charge is 0.467 e. The van der Waals surface area contributed by atoms with Gasteiger partial charge in [-0.3, -0.25) is 15.1 Å². The third kappa shape index (κ3) is 3.32. The first kappa shape index (κ1) is 13.1. The van der Waals surface area contributed by atoms with Gasteiger partial charge in [0, 0.05) is 13.2 Å². The van der Waals surface area contributed by atoms with E-state index in [2.05, 4.69) is 10.3 Å². The number of furan rings is 1. The lowest BCUT2D eigenvalue weighted by molar-refractivity contribution is 0.0774. The van der Waals surface area contributed by atoms with E-state index in [0.717, 1.165) is 31.8 Å². The van der Waals surface area contributed by atoms with E-state index < -0.39 is 0 Å². The predicted molar refractivity (Wildman–Crippen MR) is 65.7 cm³/mol. The van der Waals surface area contributed by atoms with Gasteiger partial charge in [0.25, 0.3) is 5.91 Å². The minimum absolute atomic E-state index is 0.316. The topological polar surface area (TPSA) is 80.7 Å². The quantitative estimate of drug-likeness (QED) is 0.453. The molecule has 18 heavy (non-hydrogen) atoms. The lowest BCUT2D eigenvalue weighted by Crippen LogP contribution is -2.29. The summed E-state index contributed by atoms with van der Waals surface area (Å²) in [7, 11) is 2.01. The maximum Gasteiger partial charge on any atom is 0.268 e. The highest BCUT2D eigenvalue weighted by Crippen LogP contribution is 2.15. The van der Waals surface area contributed by atoms with Crippen LogP contribution in [0.2, 0.25) is 0 Å². The van der Waals surface area contributed by atoms with Crippen LogP contribution in [0.4, 0.5) is 0 Å². The molecule has 1 aliphatic heterocycles. The number of carbonyl (C=O) groups excluding carboxylic acids is 1. The molecule has 2 heterocycles. The van der Waals surface area contributed by atoms with E-state index in [1.807, 2.05) is 7.05 Å². The number of nitrogens with two attached hydrogens (primary N) is 1. The first-order valence-electron chi connectivity index (χ1n) is 6.07. The number of hydrogen-bond acceptors (Lipinski definition) is 5. The number of hydrogen-bond donors (Lipinski definition) is 2. The maximum absolute atomic E-state index is 11.3. The molecule has 0 aromatic carbocycles. The molecule has 0 aliphatic carbocycles. The van der Waals surface area contributed by atoms with E-state index >= 15 is 0 Å². The number of likely N-dealkylation sites (N-methyl/N-ethyl adjacent to an activating group) is 1. The second-order valence-corrected chi connectivity index (χ2v) is 4.61. The van der Waals surface area contributed by atoms with Crippen molar-refractivity contribution >= 4 is 5.91 Å². The lowest BCUT2D eigenvalue weighted by Gasteiger charge is -2.19. The normalized spacial score (nSPS) is 19.4. The Balaban J connectivity index is 1.84. The number of nitrogen functional groups attached to an aromatic ring is 1. The molecule has 1 aromatic rings. The summed E-state index contributed by atoms with van der Waals surface area (Å²) in [5.41, 5.74) is 2.52. The van der Waals surface area contributed by atoms with Crippen LogP contribution >= 0.6 is 0 Å². The van der Waals surface area contributed by atoms with E-state index in [4.69, 9.17) is 15.0 Å². The van der Waals surface area contributed by atoms with Crippen molar-refractivity contribution in [3.63, 3.8) is 0 Å². The van der Waals surface area contributed by atoms with Gasteiger partial charge in [-0.2, -0.15) is 0 Å². The maximum atomic E-state index is 11.3. The molecule has 0 spiro atoms. The van der Waals surface area contributed by atoms with Crippen molar-refractivity contribution in [2.75, 3.05) is 20.2 Å². The fraction of sp³-hybridized carbons (Fsp3) is 0.583. The highest BCUT2D eigenvalue weighted by Gasteiger charge is 2.18. The standard InChI is InChI=1S/C12H19N3O3/c1-15(6-10-3-2-4-17-10)7-11-5-9(8-18-11)12(16)14-13/h5,8,10H,2-4,6-7,13H2,1H3,(H,14,16). The van der Waals surface area contributed by atoms with Crippen LogP contribution in [-0.4, -0.2) is 37.1 Å². The van der Waals surface area contributed by atoms with Crippen LogP contribution < -0.4 is 11.3 Å². The molecule has 6 nitrogen and oxygen atoms in total. The van der Waals surface area contributed by atoms with Gasteiger partial charge in [-0.05, 0) is 26.0 Å². The molecule has 0 saturated carbocycles. The van der Waals surface area contributed by atoms with E-state index in [0.29, 0.717) is 18.2 Å². The molecule has 1 saturated heterocycles. The average molecular weight is 253 g/mol. The number of nitrogens with one attached hydrogen (secondary N) is 1. The molecule has 0 bridgehead atoms. The van der Waals surface area contributed by atoms with E-state index in [9.17, 15) is 4.79 Å². The molecule has 0 radical (unpaired) electrons. The third-order valence-corrected chi connectivity index (χ3v) is 3.01. The van der Waals surface area contributed by atoms with Crippen LogP contribution in [0.1, 0.15) is 29.0 Å². The number of ether oxygens (including phenoxy) is 1. The Morgan fingerprint density at radius 2 is 2.50 bits per heavy atom. The molecule has 6 heteroatoms. The van der Waals surface area contributed by atoms with Gasteiger partial charge < -0.3 is 9.15 Å². The minimum atomic E-state index is -0.341. The van der Waals surface area contributed by atoms with Crippen molar-refractivity contribution in [1.29, 1.82) is 0 Å². The zero-order valence-electron chi connectivity index (χ0n) is 10.5. The van der Waals surface area contributed by atoms with Crippen LogP contribution in [0.25, 0.3) is 0 Å². The Hall–Kier alpha value is -1.37. The zero-order valence-corrected chi connectivity index (χ0v) is 10.5. The summed E-state index contributed by atoms with van der Waals surface area (Å²) in [5.74, 6) is 5.46. The van der Waals surface area contributed by atoms with Gasteiger partial charge in [-0.25, -0.2) is 5.84 Å². The number of carbonyl (C=O) groups is 1. The molecular weight excluding hydrogens is 234 g/mol. The van der Waals surface area contributed by atoms with E-state index in [-0.39, 0.29) is 5.91 Å². The molecule has 1 atom stereocenters. The summed E-state index contributed by atoms with van der Waals surface area (Å²) in [5, 5.41) is 0. The Kier molecular flexibility index (Phi) is 4.35. The second-order valence-electron chi connectivity index (χ2n) is 4.61. The molecule has 100 valence electrons. The average Bonchev–Trinajstić information content (AvgIpc) is 2.99. The Labute approximate surface area is 106 Å². The van der Waals surface area contributed by atoms with E-state index in [1.165, 1.54) is 6.26 Å². The van der Waals surface area contributed by atoms with Gasteiger partial charge in [-0.1, -0.05) is 0 Å².